The van der Waals surface area contributed by atoms with Crippen LogP contribution in [-0.2, 0) is 5.41 Å². The molecule has 2 heteroatoms. The molecule has 1 nitrogen and oxygen atoms in total. The van der Waals surface area contributed by atoms with E-state index in [1.807, 2.05) is 13.0 Å². The van der Waals surface area contributed by atoms with Crippen molar-refractivity contribution in [1.29, 1.82) is 0 Å². The Hall–Kier alpha value is -0.980. The van der Waals surface area contributed by atoms with Gasteiger partial charge in [0, 0.05) is 0 Å². The maximum atomic E-state index is 4.58. The van der Waals surface area contributed by atoms with E-state index < -0.39 is 0 Å². The third-order valence-corrected chi connectivity index (χ3v) is 2.32. The molecule has 1 rings (SSSR count). The van der Waals surface area contributed by atoms with Crippen LogP contribution in [0.25, 0.3) is 0 Å². The first kappa shape index (κ1) is 11.1. The lowest BCUT2D eigenvalue weighted by Gasteiger charge is -2.19. The van der Waals surface area contributed by atoms with Crippen molar-refractivity contribution in [3.63, 3.8) is 0 Å². The van der Waals surface area contributed by atoms with E-state index in [2.05, 4.69) is 55.3 Å². The van der Waals surface area contributed by atoms with Crippen molar-refractivity contribution in [1.82, 2.24) is 0 Å². The maximum absolute atomic E-state index is 4.58. The van der Waals surface area contributed by atoms with Gasteiger partial charge in [-0.2, -0.15) is 4.99 Å². The van der Waals surface area contributed by atoms with Crippen molar-refractivity contribution < 1.29 is 0 Å². The van der Waals surface area contributed by atoms with Crippen LogP contribution < -0.4 is 0 Å². The van der Waals surface area contributed by atoms with Gasteiger partial charge in [-0.3, -0.25) is 0 Å². The van der Waals surface area contributed by atoms with E-state index in [-0.39, 0.29) is 5.41 Å². The average molecular weight is 205 g/mol. The molecule has 0 amide bonds. The normalized spacial score (nSPS) is 10.9. The van der Waals surface area contributed by atoms with Crippen LogP contribution in [0.5, 0.6) is 0 Å². The largest absolute Gasteiger partial charge is 0.194 e. The molecule has 0 aliphatic rings. The van der Waals surface area contributed by atoms with Crippen LogP contribution in [0.15, 0.2) is 23.2 Å². The molecular formula is C12H15NS. The highest BCUT2D eigenvalue weighted by Crippen LogP contribution is 2.27. The minimum Gasteiger partial charge on any atom is -0.194 e. The Balaban J connectivity index is 3.19. The predicted octanol–water partition coefficient (Wildman–Crippen LogP) is 4.03. The third kappa shape index (κ3) is 2.50. The summed E-state index contributed by atoms with van der Waals surface area (Å²) < 4.78 is 0. The molecule has 0 heterocycles. The molecule has 0 saturated carbocycles. The van der Waals surface area contributed by atoms with Gasteiger partial charge in [-0.05, 0) is 41.7 Å². The summed E-state index contributed by atoms with van der Waals surface area (Å²) in [5, 5.41) is 2.39. The predicted molar refractivity (Wildman–Crippen MR) is 64.6 cm³/mol. The zero-order chi connectivity index (χ0) is 10.8. The molecule has 1 aromatic rings. The lowest BCUT2D eigenvalue weighted by molar-refractivity contribution is 0.590. The van der Waals surface area contributed by atoms with E-state index in [1.54, 1.807) is 0 Å². The van der Waals surface area contributed by atoms with Gasteiger partial charge in [0.1, 0.15) is 0 Å². The molecule has 0 aromatic heterocycles. The minimum atomic E-state index is 0.185. The number of nitrogens with zero attached hydrogens (tertiary/aromatic N) is 1. The fourth-order valence-corrected chi connectivity index (χ4v) is 1.39. The number of hydrogen-bond acceptors (Lipinski definition) is 2. The number of benzene rings is 1. The van der Waals surface area contributed by atoms with Gasteiger partial charge in [0.15, 0.2) is 0 Å². The standard InChI is InChI=1S/C12H15NS/c1-9-7-10(12(2,3)4)5-6-11(9)13-8-14/h5-7H,1-4H3. The Morgan fingerprint density at radius 3 is 2.36 bits per heavy atom. The monoisotopic (exact) mass is 205 g/mol. The molecular weight excluding hydrogens is 190 g/mol. The molecule has 0 aliphatic carbocycles. The Labute approximate surface area is 90.9 Å². The molecule has 1 aromatic carbocycles. The van der Waals surface area contributed by atoms with E-state index >= 15 is 0 Å². The molecule has 0 radical (unpaired) electrons. The van der Waals surface area contributed by atoms with Gasteiger partial charge in [-0.1, -0.05) is 32.9 Å². The quantitative estimate of drug-likeness (QED) is 0.498. The van der Waals surface area contributed by atoms with E-state index in [0.717, 1.165) is 11.3 Å². The van der Waals surface area contributed by atoms with Crippen molar-refractivity contribution in [3.8, 4) is 0 Å². The van der Waals surface area contributed by atoms with Gasteiger partial charge in [-0.25, -0.2) is 0 Å². The van der Waals surface area contributed by atoms with Gasteiger partial charge in [0.05, 0.1) is 10.8 Å². The molecule has 14 heavy (non-hydrogen) atoms. The summed E-state index contributed by atoms with van der Waals surface area (Å²) in [4.78, 5) is 3.99. The lowest BCUT2D eigenvalue weighted by atomic mass is 9.86. The maximum Gasteiger partial charge on any atom is 0.0768 e. The van der Waals surface area contributed by atoms with Crippen LogP contribution in [0.2, 0.25) is 0 Å². The van der Waals surface area contributed by atoms with Gasteiger partial charge in [0.25, 0.3) is 0 Å². The Bertz CT molecular complexity index is 382. The highest BCUT2D eigenvalue weighted by Gasteiger charge is 2.13. The van der Waals surface area contributed by atoms with Crippen molar-refractivity contribution in [3.05, 3.63) is 29.3 Å². The van der Waals surface area contributed by atoms with Crippen molar-refractivity contribution in [2.45, 2.75) is 33.1 Å². The Morgan fingerprint density at radius 1 is 1.29 bits per heavy atom. The van der Waals surface area contributed by atoms with Crippen LogP contribution in [0.3, 0.4) is 0 Å². The van der Waals surface area contributed by atoms with E-state index in [9.17, 15) is 0 Å². The number of hydrogen-bond donors (Lipinski definition) is 0. The second-order valence-corrected chi connectivity index (χ2v) is 4.64. The molecule has 0 saturated heterocycles. The summed E-state index contributed by atoms with van der Waals surface area (Å²) in [7, 11) is 0. The second kappa shape index (κ2) is 4.04. The summed E-state index contributed by atoms with van der Waals surface area (Å²) in [5.74, 6) is 0. The SMILES string of the molecule is Cc1cc(C(C)(C)C)ccc1N=C=S. The summed E-state index contributed by atoms with van der Waals surface area (Å²) in [5.41, 5.74) is 3.56. The summed E-state index contributed by atoms with van der Waals surface area (Å²) >= 11 is 4.58. The molecule has 0 fully saturated rings. The number of rotatable bonds is 1. The number of aliphatic imine (C=N–C) groups is 1. The fraction of sp³-hybridized carbons (Fsp3) is 0.417. The average Bonchev–Trinajstić information content (AvgIpc) is 2.07. The van der Waals surface area contributed by atoms with Crippen LogP contribution in [0.4, 0.5) is 5.69 Å². The van der Waals surface area contributed by atoms with E-state index in [4.69, 9.17) is 0 Å². The topological polar surface area (TPSA) is 12.4 Å². The van der Waals surface area contributed by atoms with Crippen LogP contribution >= 0.6 is 12.2 Å². The summed E-state index contributed by atoms with van der Waals surface area (Å²) in [6.45, 7) is 8.64. The molecule has 74 valence electrons. The van der Waals surface area contributed by atoms with Crippen LogP contribution in [0.1, 0.15) is 31.9 Å². The van der Waals surface area contributed by atoms with Crippen LogP contribution in [-0.4, -0.2) is 5.16 Å². The summed E-state index contributed by atoms with van der Waals surface area (Å²) in [6, 6.07) is 6.25. The smallest absolute Gasteiger partial charge is 0.0768 e. The van der Waals surface area contributed by atoms with Crippen LogP contribution in [0, 0.1) is 6.92 Å². The molecule has 0 N–H and O–H groups in total. The van der Waals surface area contributed by atoms with Crippen molar-refractivity contribution in [2.75, 3.05) is 0 Å². The van der Waals surface area contributed by atoms with Gasteiger partial charge in [0.2, 0.25) is 0 Å². The highest BCUT2D eigenvalue weighted by atomic mass is 32.1. The third-order valence-electron chi connectivity index (χ3n) is 2.23. The first-order chi connectivity index (χ1) is 6.45. The first-order valence-corrected chi connectivity index (χ1v) is 5.05. The minimum absolute atomic E-state index is 0.185. The van der Waals surface area contributed by atoms with Gasteiger partial charge in [-0.15, -0.1) is 0 Å². The summed E-state index contributed by atoms with van der Waals surface area (Å²) in [6.07, 6.45) is 0. The van der Waals surface area contributed by atoms with Crippen molar-refractivity contribution in [2.24, 2.45) is 4.99 Å². The number of isothiocyanates is 1. The fourth-order valence-electron chi connectivity index (χ4n) is 1.30. The van der Waals surface area contributed by atoms with Gasteiger partial charge >= 0.3 is 0 Å². The zero-order valence-electron chi connectivity index (χ0n) is 9.09. The molecule has 0 atom stereocenters. The lowest BCUT2D eigenvalue weighted by Crippen LogP contribution is -2.10. The molecule has 0 aliphatic heterocycles. The Kier molecular flexibility index (Phi) is 3.20. The highest BCUT2D eigenvalue weighted by molar-refractivity contribution is 7.78. The van der Waals surface area contributed by atoms with Gasteiger partial charge < -0.3 is 0 Å². The molecule has 0 unspecified atom stereocenters. The first-order valence-electron chi connectivity index (χ1n) is 4.64. The molecule has 0 bridgehead atoms. The van der Waals surface area contributed by atoms with E-state index in [0.29, 0.717) is 0 Å². The second-order valence-electron chi connectivity index (χ2n) is 4.45. The Morgan fingerprint density at radius 2 is 1.93 bits per heavy atom. The number of aryl methyl sites for hydroxylation is 1. The zero-order valence-corrected chi connectivity index (χ0v) is 9.90. The molecule has 0 spiro atoms. The van der Waals surface area contributed by atoms with Crippen molar-refractivity contribution >= 4 is 23.1 Å². The number of thiocarbonyl (C=S) groups is 1. The van der Waals surface area contributed by atoms with E-state index in [1.165, 1.54) is 5.56 Å².